The van der Waals surface area contributed by atoms with Gasteiger partial charge in [-0.25, -0.2) is 0 Å². The molecule has 0 amide bonds. The van der Waals surface area contributed by atoms with Gasteiger partial charge < -0.3 is 10.1 Å². The Labute approximate surface area is 102 Å². The van der Waals surface area contributed by atoms with Crippen LogP contribution >= 0.6 is 12.2 Å². The Hall–Kier alpha value is -0.930. The molecular formula is C13H17NOS. The Kier molecular flexibility index (Phi) is 3.56. The molecule has 3 heteroatoms. The molecule has 1 aliphatic heterocycles. The largest absolute Gasteiger partial charge is 0.486 e. The predicted octanol–water partition coefficient (Wildman–Crippen LogP) is 2.74. The molecule has 1 unspecified atom stereocenters. The van der Waals surface area contributed by atoms with E-state index in [9.17, 15) is 0 Å². The van der Waals surface area contributed by atoms with Gasteiger partial charge in [-0.15, -0.1) is 0 Å². The van der Waals surface area contributed by atoms with Gasteiger partial charge >= 0.3 is 0 Å². The van der Waals surface area contributed by atoms with Gasteiger partial charge in [0.25, 0.3) is 0 Å². The minimum Gasteiger partial charge on any atom is -0.486 e. The van der Waals surface area contributed by atoms with Crippen LogP contribution in [0, 0.1) is 6.92 Å². The average Bonchev–Trinajstić information content (AvgIpc) is 2.82. The highest BCUT2D eigenvalue weighted by atomic mass is 32.1. The van der Waals surface area contributed by atoms with Gasteiger partial charge in [0.15, 0.2) is 5.05 Å². The van der Waals surface area contributed by atoms with Gasteiger partial charge in [0.05, 0.1) is 7.11 Å². The lowest BCUT2D eigenvalue weighted by molar-refractivity contribution is 0.415. The highest BCUT2D eigenvalue weighted by molar-refractivity contribution is 7.80. The Balaban J connectivity index is 2.35. The topological polar surface area (TPSA) is 21.3 Å². The number of hydrogen-bond donors (Lipinski definition) is 1. The Morgan fingerprint density at radius 3 is 2.94 bits per heavy atom. The van der Waals surface area contributed by atoms with Crippen LogP contribution in [0.3, 0.4) is 0 Å². The van der Waals surface area contributed by atoms with Crippen molar-refractivity contribution in [1.29, 1.82) is 0 Å². The van der Waals surface area contributed by atoms with Crippen LogP contribution in [0.4, 0.5) is 0 Å². The highest BCUT2D eigenvalue weighted by Crippen LogP contribution is 2.27. The third kappa shape index (κ3) is 2.11. The van der Waals surface area contributed by atoms with E-state index < -0.39 is 0 Å². The standard InChI is InChI=1S/C13H17NOS/c1-9-10(12-7-4-8-14-12)5-3-6-11(9)13(16)15-2/h3,5-6,12,14H,4,7-8H2,1-2H3. The fourth-order valence-corrected chi connectivity index (χ4v) is 2.53. The number of thiocarbonyl (C=S) groups is 1. The number of ether oxygens (including phenoxy) is 1. The van der Waals surface area contributed by atoms with E-state index in [-0.39, 0.29) is 0 Å². The van der Waals surface area contributed by atoms with Crippen LogP contribution in [0.15, 0.2) is 18.2 Å². The summed E-state index contributed by atoms with van der Waals surface area (Å²) in [7, 11) is 1.63. The first-order valence-corrected chi connectivity index (χ1v) is 6.06. The lowest BCUT2D eigenvalue weighted by Crippen LogP contribution is -2.15. The summed E-state index contributed by atoms with van der Waals surface area (Å²) in [6.07, 6.45) is 2.47. The van der Waals surface area contributed by atoms with Crippen LogP contribution in [0.25, 0.3) is 0 Å². The van der Waals surface area contributed by atoms with E-state index in [0.717, 1.165) is 12.1 Å². The quantitative estimate of drug-likeness (QED) is 0.796. The predicted molar refractivity (Wildman–Crippen MR) is 69.9 cm³/mol. The van der Waals surface area contributed by atoms with Crippen molar-refractivity contribution in [1.82, 2.24) is 5.32 Å². The molecule has 2 rings (SSSR count). The molecule has 0 saturated carbocycles. The van der Waals surface area contributed by atoms with E-state index in [1.165, 1.54) is 24.0 Å². The van der Waals surface area contributed by atoms with Crippen molar-refractivity contribution in [3.63, 3.8) is 0 Å². The Bertz CT molecular complexity index is 397. The summed E-state index contributed by atoms with van der Waals surface area (Å²) < 4.78 is 5.15. The third-order valence-corrected chi connectivity index (χ3v) is 3.60. The molecule has 1 aliphatic rings. The summed E-state index contributed by atoms with van der Waals surface area (Å²) in [6.45, 7) is 3.24. The van der Waals surface area contributed by atoms with E-state index in [1.807, 2.05) is 6.07 Å². The Morgan fingerprint density at radius 2 is 2.31 bits per heavy atom. The monoisotopic (exact) mass is 235 g/mol. The molecule has 0 radical (unpaired) electrons. The van der Waals surface area contributed by atoms with Crippen molar-refractivity contribution in [2.45, 2.75) is 25.8 Å². The molecule has 86 valence electrons. The zero-order valence-electron chi connectivity index (χ0n) is 9.75. The van der Waals surface area contributed by atoms with Crippen molar-refractivity contribution in [3.8, 4) is 0 Å². The summed E-state index contributed by atoms with van der Waals surface area (Å²) in [4.78, 5) is 0. The van der Waals surface area contributed by atoms with Crippen molar-refractivity contribution in [2.75, 3.05) is 13.7 Å². The van der Waals surface area contributed by atoms with Crippen LogP contribution in [0.5, 0.6) is 0 Å². The van der Waals surface area contributed by atoms with E-state index in [2.05, 4.69) is 24.4 Å². The van der Waals surface area contributed by atoms with E-state index >= 15 is 0 Å². The second kappa shape index (κ2) is 4.93. The summed E-state index contributed by atoms with van der Waals surface area (Å²) in [5.41, 5.74) is 3.65. The lowest BCUT2D eigenvalue weighted by Gasteiger charge is -2.16. The molecule has 1 atom stereocenters. The SMILES string of the molecule is COC(=S)c1cccc(C2CCCN2)c1C. The van der Waals surface area contributed by atoms with Crippen LogP contribution in [-0.4, -0.2) is 18.7 Å². The van der Waals surface area contributed by atoms with Crippen molar-refractivity contribution in [2.24, 2.45) is 0 Å². The zero-order chi connectivity index (χ0) is 11.5. The lowest BCUT2D eigenvalue weighted by atomic mass is 9.96. The van der Waals surface area contributed by atoms with Crippen LogP contribution in [0.1, 0.15) is 35.6 Å². The molecule has 1 heterocycles. The maximum Gasteiger partial charge on any atom is 0.191 e. The van der Waals surface area contributed by atoms with Gasteiger partial charge in [-0.2, -0.15) is 0 Å². The van der Waals surface area contributed by atoms with Crippen molar-refractivity contribution < 1.29 is 4.74 Å². The molecule has 0 aromatic heterocycles. The molecular weight excluding hydrogens is 218 g/mol. The first kappa shape index (κ1) is 11.6. The zero-order valence-corrected chi connectivity index (χ0v) is 10.6. The molecule has 0 aliphatic carbocycles. The number of nitrogens with one attached hydrogen (secondary N) is 1. The average molecular weight is 235 g/mol. The number of rotatable bonds is 2. The normalized spacial score (nSPS) is 19.8. The molecule has 16 heavy (non-hydrogen) atoms. The van der Waals surface area contributed by atoms with Crippen LogP contribution in [-0.2, 0) is 4.74 Å². The molecule has 2 nitrogen and oxygen atoms in total. The van der Waals surface area contributed by atoms with Gasteiger partial charge in [0, 0.05) is 11.6 Å². The Morgan fingerprint density at radius 1 is 1.50 bits per heavy atom. The first-order chi connectivity index (χ1) is 7.74. The van der Waals surface area contributed by atoms with E-state index in [0.29, 0.717) is 11.1 Å². The number of hydrogen-bond acceptors (Lipinski definition) is 3. The van der Waals surface area contributed by atoms with Crippen molar-refractivity contribution >= 4 is 17.3 Å². The summed E-state index contributed by atoms with van der Waals surface area (Å²) in [5.74, 6) is 0. The minimum atomic E-state index is 0.486. The maximum atomic E-state index is 5.20. The summed E-state index contributed by atoms with van der Waals surface area (Å²) >= 11 is 5.20. The second-order valence-electron chi connectivity index (χ2n) is 4.16. The molecule has 1 N–H and O–H groups in total. The maximum absolute atomic E-state index is 5.20. The molecule has 1 aromatic carbocycles. The molecule has 1 saturated heterocycles. The van der Waals surface area contributed by atoms with Crippen LogP contribution in [0.2, 0.25) is 0 Å². The molecule has 1 aromatic rings. The van der Waals surface area contributed by atoms with E-state index in [4.69, 9.17) is 17.0 Å². The van der Waals surface area contributed by atoms with Gasteiger partial charge in [-0.1, -0.05) is 18.2 Å². The fourth-order valence-electron chi connectivity index (χ4n) is 2.31. The van der Waals surface area contributed by atoms with E-state index in [1.54, 1.807) is 7.11 Å². The summed E-state index contributed by atoms with van der Waals surface area (Å²) in [5, 5.41) is 4.09. The van der Waals surface area contributed by atoms with Gasteiger partial charge in [-0.3, -0.25) is 0 Å². The highest BCUT2D eigenvalue weighted by Gasteiger charge is 2.19. The fraction of sp³-hybridized carbons (Fsp3) is 0.462. The second-order valence-corrected chi connectivity index (χ2v) is 4.53. The van der Waals surface area contributed by atoms with Gasteiger partial charge in [-0.05, 0) is 49.7 Å². The summed E-state index contributed by atoms with van der Waals surface area (Å²) in [6, 6.07) is 6.75. The van der Waals surface area contributed by atoms with Gasteiger partial charge in [0.1, 0.15) is 0 Å². The molecule has 0 spiro atoms. The first-order valence-electron chi connectivity index (χ1n) is 5.65. The van der Waals surface area contributed by atoms with Crippen molar-refractivity contribution in [3.05, 3.63) is 34.9 Å². The molecule has 0 bridgehead atoms. The minimum absolute atomic E-state index is 0.486. The number of methoxy groups -OCH3 is 1. The van der Waals surface area contributed by atoms with Gasteiger partial charge in [0.2, 0.25) is 0 Å². The smallest absolute Gasteiger partial charge is 0.191 e. The third-order valence-electron chi connectivity index (χ3n) is 3.22. The number of benzene rings is 1. The van der Waals surface area contributed by atoms with Crippen LogP contribution < -0.4 is 5.32 Å². The molecule has 1 fully saturated rings.